The molecule has 2 aromatic rings. The van der Waals surface area contributed by atoms with Crippen molar-refractivity contribution in [3.8, 4) is 11.5 Å². The molecule has 0 spiro atoms. The standard InChI is InChI=1S/C17H16BrNO5/c1-10-7-11(3-5-14(10)18)19-16(21)9-24-17(22)13-8-12(23-2)4-6-15(13)20/h3-8,20H,9H2,1-2H3,(H,19,21). The lowest BCUT2D eigenvalue weighted by Gasteiger charge is -2.09. The zero-order valence-corrected chi connectivity index (χ0v) is 14.7. The summed E-state index contributed by atoms with van der Waals surface area (Å²) in [5.74, 6) is -1.14. The number of carbonyl (C=O) groups is 2. The third kappa shape index (κ3) is 4.48. The molecule has 0 aliphatic heterocycles. The third-order valence-electron chi connectivity index (χ3n) is 3.20. The second kappa shape index (κ2) is 7.83. The number of phenolic OH excluding ortho intramolecular Hbond substituents is 1. The summed E-state index contributed by atoms with van der Waals surface area (Å²) >= 11 is 3.37. The summed E-state index contributed by atoms with van der Waals surface area (Å²) in [7, 11) is 1.44. The number of esters is 1. The quantitative estimate of drug-likeness (QED) is 0.761. The highest BCUT2D eigenvalue weighted by molar-refractivity contribution is 9.10. The number of anilines is 1. The Balaban J connectivity index is 1.96. The lowest BCUT2D eigenvalue weighted by atomic mass is 10.2. The van der Waals surface area contributed by atoms with Crippen molar-refractivity contribution < 1.29 is 24.2 Å². The molecule has 24 heavy (non-hydrogen) atoms. The van der Waals surface area contributed by atoms with Crippen LogP contribution in [0.4, 0.5) is 5.69 Å². The van der Waals surface area contributed by atoms with E-state index < -0.39 is 18.5 Å². The molecule has 2 aromatic carbocycles. The number of carbonyl (C=O) groups excluding carboxylic acids is 2. The highest BCUT2D eigenvalue weighted by atomic mass is 79.9. The molecule has 0 aliphatic rings. The SMILES string of the molecule is COc1ccc(O)c(C(=O)OCC(=O)Nc2ccc(Br)c(C)c2)c1. The highest BCUT2D eigenvalue weighted by Gasteiger charge is 2.15. The number of amides is 1. The van der Waals surface area contributed by atoms with Crippen LogP contribution in [0, 0.1) is 6.92 Å². The van der Waals surface area contributed by atoms with Gasteiger partial charge in [0, 0.05) is 10.2 Å². The van der Waals surface area contributed by atoms with E-state index in [4.69, 9.17) is 9.47 Å². The number of phenols is 1. The van der Waals surface area contributed by atoms with E-state index in [1.807, 2.05) is 13.0 Å². The number of aryl methyl sites for hydroxylation is 1. The summed E-state index contributed by atoms with van der Waals surface area (Å²) in [6.07, 6.45) is 0. The molecular weight excluding hydrogens is 378 g/mol. The maximum Gasteiger partial charge on any atom is 0.342 e. The fraction of sp³-hybridized carbons (Fsp3) is 0.176. The number of benzene rings is 2. The van der Waals surface area contributed by atoms with E-state index >= 15 is 0 Å². The van der Waals surface area contributed by atoms with Crippen molar-refractivity contribution in [2.45, 2.75) is 6.92 Å². The summed E-state index contributed by atoms with van der Waals surface area (Å²) in [6, 6.07) is 9.50. The summed E-state index contributed by atoms with van der Waals surface area (Å²) in [5.41, 5.74) is 1.49. The van der Waals surface area contributed by atoms with Crippen molar-refractivity contribution in [2.75, 3.05) is 19.0 Å². The Morgan fingerprint density at radius 3 is 2.62 bits per heavy atom. The van der Waals surface area contributed by atoms with Crippen LogP contribution in [0.1, 0.15) is 15.9 Å². The minimum atomic E-state index is -0.812. The van der Waals surface area contributed by atoms with Crippen molar-refractivity contribution in [2.24, 2.45) is 0 Å². The van der Waals surface area contributed by atoms with Crippen molar-refractivity contribution in [1.82, 2.24) is 0 Å². The topological polar surface area (TPSA) is 84.9 Å². The van der Waals surface area contributed by atoms with Gasteiger partial charge >= 0.3 is 5.97 Å². The number of ether oxygens (including phenoxy) is 2. The smallest absolute Gasteiger partial charge is 0.342 e. The minimum Gasteiger partial charge on any atom is -0.507 e. The second-order valence-electron chi connectivity index (χ2n) is 4.97. The van der Waals surface area contributed by atoms with Gasteiger partial charge in [0.1, 0.15) is 17.1 Å². The lowest BCUT2D eigenvalue weighted by Crippen LogP contribution is -2.21. The number of nitrogens with one attached hydrogen (secondary N) is 1. The summed E-state index contributed by atoms with van der Waals surface area (Å²) in [5, 5.41) is 12.3. The van der Waals surface area contributed by atoms with Crippen molar-refractivity contribution in [3.05, 3.63) is 52.0 Å². The molecule has 0 unspecified atom stereocenters. The first-order valence-corrected chi connectivity index (χ1v) is 7.80. The minimum absolute atomic E-state index is 0.0679. The Hall–Kier alpha value is -2.54. The fourth-order valence-corrected chi connectivity index (χ4v) is 2.18. The maximum absolute atomic E-state index is 12.0. The number of halogens is 1. The molecule has 0 bridgehead atoms. The largest absolute Gasteiger partial charge is 0.507 e. The van der Waals surface area contributed by atoms with Crippen LogP contribution in [0.25, 0.3) is 0 Å². The monoisotopic (exact) mass is 393 g/mol. The Bertz CT molecular complexity index is 776. The lowest BCUT2D eigenvalue weighted by molar-refractivity contribution is -0.119. The van der Waals surface area contributed by atoms with Gasteiger partial charge in [-0.25, -0.2) is 4.79 Å². The second-order valence-corrected chi connectivity index (χ2v) is 5.83. The Morgan fingerprint density at radius 2 is 1.96 bits per heavy atom. The number of rotatable bonds is 5. The Morgan fingerprint density at radius 1 is 1.21 bits per heavy atom. The van der Waals surface area contributed by atoms with E-state index in [1.54, 1.807) is 12.1 Å². The molecule has 6 nitrogen and oxygen atoms in total. The summed E-state index contributed by atoms with van der Waals surface area (Å²) in [4.78, 5) is 23.8. The molecule has 0 fully saturated rings. The number of hydrogen-bond donors (Lipinski definition) is 2. The van der Waals surface area contributed by atoms with Crippen molar-refractivity contribution >= 4 is 33.5 Å². The third-order valence-corrected chi connectivity index (χ3v) is 4.09. The average molecular weight is 394 g/mol. The molecular formula is C17H16BrNO5. The van der Waals surface area contributed by atoms with Gasteiger partial charge in [0.05, 0.1) is 7.11 Å². The van der Waals surface area contributed by atoms with E-state index in [2.05, 4.69) is 21.2 Å². The van der Waals surface area contributed by atoms with Crippen LogP contribution in [0.5, 0.6) is 11.5 Å². The molecule has 0 aromatic heterocycles. The normalized spacial score (nSPS) is 10.1. The van der Waals surface area contributed by atoms with Gasteiger partial charge in [-0.3, -0.25) is 4.79 Å². The van der Waals surface area contributed by atoms with Crippen LogP contribution >= 0.6 is 15.9 Å². The molecule has 126 valence electrons. The van der Waals surface area contributed by atoms with Crippen molar-refractivity contribution in [1.29, 1.82) is 0 Å². The van der Waals surface area contributed by atoms with Crippen molar-refractivity contribution in [3.63, 3.8) is 0 Å². The molecule has 0 atom stereocenters. The number of methoxy groups -OCH3 is 1. The molecule has 2 rings (SSSR count). The molecule has 0 aliphatic carbocycles. The zero-order chi connectivity index (χ0) is 17.7. The van der Waals surface area contributed by atoms with E-state index in [1.165, 1.54) is 25.3 Å². The zero-order valence-electron chi connectivity index (χ0n) is 13.1. The summed E-state index contributed by atoms with van der Waals surface area (Å²) < 4.78 is 10.8. The van der Waals surface area contributed by atoms with Gasteiger partial charge in [0.2, 0.25) is 0 Å². The Kier molecular flexibility index (Phi) is 5.81. The fourth-order valence-electron chi connectivity index (χ4n) is 1.93. The predicted molar refractivity (Wildman–Crippen MR) is 92.5 cm³/mol. The van der Waals surface area contributed by atoms with E-state index in [9.17, 15) is 14.7 Å². The van der Waals surface area contributed by atoms with Crippen LogP contribution in [0.3, 0.4) is 0 Å². The Labute approximate surface area is 147 Å². The number of hydrogen-bond acceptors (Lipinski definition) is 5. The number of aromatic hydroxyl groups is 1. The van der Waals surface area contributed by atoms with Gasteiger partial charge in [0.15, 0.2) is 6.61 Å². The molecule has 2 N–H and O–H groups in total. The van der Waals surface area contributed by atoms with Gasteiger partial charge in [-0.15, -0.1) is 0 Å². The van der Waals surface area contributed by atoms with Crippen LogP contribution in [-0.2, 0) is 9.53 Å². The first-order valence-electron chi connectivity index (χ1n) is 7.01. The summed E-state index contributed by atoms with van der Waals surface area (Å²) in [6.45, 7) is 1.43. The van der Waals surface area contributed by atoms with E-state index in [0.717, 1.165) is 10.0 Å². The maximum atomic E-state index is 12.0. The first kappa shape index (κ1) is 17.8. The molecule has 0 saturated carbocycles. The van der Waals surface area contributed by atoms with Gasteiger partial charge in [0.25, 0.3) is 5.91 Å². The molecule has 1 amide bonds. The van der Waals surface area contributed by atoms with Gasteiger partial charge < -0.3 is 19.9 Å². The molecule has 7 heteroatoms. The molecule has 0 saturated heterocycles. The predicted octanol–water partition coefficient (Wildman–Crippen LogP) is 3.27. The van der Waals surface area contributed by atoms with Crippen LogP contribution in [-0.4, -0.2) is 30.7 Å². The van der Waals surface area contributed by atoms with Gasteiger partial charge in [-0.1, -0.05) is 15.9 Å². The van der Waals surface area contributed by atoms with E-state index in [0.29, 0.717) is 11.4 Å². The highest BCUT2D eigenvalue weighted by Crippen LogP contribution is 2.23. The molecule has 0 heterocycles. The van der Waals surface area contributed by atoms with Crippen LogP contribution in [0.15, 0.2) is 40.9 Å². The average Bonchev–Trinajstić information content (AvgIpc) is 2.56. The van der Waals surface area contributed by atoms with Gasteiger partial charge in [-0.05, 0) is 48.9 Å². The first-order chi connectivity index (χ1) is 11.4. The molecule has 0 radical (unpaired) electrons. The van der Waals surface area contributed by atoms with E-state index in [-0.39, 0.29) is 11.3 Å². The van der Waals surface area contributed by atoms with Gasteiger partial charge in [-0.2, -0.15) is 0 Å². The van der Waals surface area contributed by atoms with Crippen LogP contribution in [0.2, 0.25) is 0 Å². The van der Waals surface area contributed by atoms with Crippen LogP contribution < -0.4 is 10.1 Å².